The second-order valence-corrected chi connectivity index (χ2v) is 12.9. The number of thiophene rings is 1. The summed E-state index contributed by atoms with van der Waals surface area (Å²) in [5.74, 6) is -0.463. The molecule has 1 unspecified atom stereocenters. The molecule has 37 heavy (non-hydrogen) atoms. The number of carbonyl (C=O) groups is 3. The molecule has 1 aliphatic carbocycles. The fourth-order valence-electron chi connectivity index (χ4n) is 3.59. The zero-order valence-corrected chi connectivity index (χ0v) is 22.2. The van der Waals surface area contributed by atoms with E-state index < -0.39 is 33.4 Å². The van der Waals surface area contributed by atoms with Gasteiger partial charge in [-0.05, 0) is 87.0 Å². The maximum atomic E-state index is 13.2. The van der Waals surface area contributed by atoms with E-state index in [9.17, 15) is 18.6 Å². The number of carbonyl (C=O) groups excluding carboxylic acids is 2. The van der Waals surface area contributed by atoms with Crippen molar-refractivity contribution < 1.29 is 28.4 Å². The summed E-state index contributed by atoms with van der Waals surface area (Å²) >= 11 is 1.54. The SMILES string of the molecule is CC(C)(C)OC(=O)Nc1ccc(-c2cccs2)cc1NC(=O)c1ccc(S(=O)(=NC(=O)O)C2CC2)cc1. The largest absolute Gasteiger partial charge is 0.463 e. The molecule has 1 aliphatic rings. The molecule has 0 spiro atoms. The molecule has 0 radical (unpaired) electrons. The van der Waals surface area contributed by atoms with Crippen molar-refractivity contribution in [3.05, 3.63) is 65.5 Å². The Bertz CT molecular complexity index is 1450. The molecule has 11 heteroatoms. The first-order chi connectivity index (χ1) is 17.4. The fraction of sp³-hybridized carbons (Fsp3) is 0.269. The number of amides is 3. The van der Waals surface area contributed by atoms with Crippen LogP contribution in [0.15, 0.2) is 69.2 Å². The predicted molar refractivity (Wildman–Crippen MR) is 144 cm³/mol. The number of ether oxygens (including phenoxy) is 1. The highest BCUT2D eigenvalue weighted by Crippen LogP contribution is 2.36. The fourth-order valence-corrected chi connectivity index (χ4v) is 6.48. The van der Waals surface area contributed by atoms with Gasteiger partial charge in [0.25, 0.3) is 5.91 Å². The van der Waals surface area contributed by atoms with Crippen LogP contribution in [0, 0.1) is 0 Å². The van der Waals surface area contributed by atoms with Gasteiger partial charge in [-0.25, -0.2) is 13.8 Å². The van der Waals surface area contributed by atoms with Gasteiger partial charge in [-0.2, -0.15) is 0 Å². The first kappa shape index (κ1) is 26.4. The maximum absolute atomic E-state index is 13.2. The van der Waals surface area contributed by atoms with Crippen LogP contribution in [-0.2, 0) is 14.5 Å². The van der Waals surface area contributed by atoms with Gasteiger partial charge in [0.15, 0.2) is 0 Å². The summed E-state index contributed by atoms with van der Waals surface area (Å²) in [4.78, 5) is 37.9. The lowest BCUT2D eigenvalue weighted by molar-refractivity contribution is 0.0635. The zero-order chi connectivity index (χ0) is 26.8. The Morgan fingerprint density at radius 3 is 2.30 bits per heavy atom. The van der Waals surface area contributed by atoms with E-state index >= 15 is 0 Å². The Hall–Kier alpha value is -3.70. The molecule has 3 N–H and O–H groups in total. The molecule has 1 heterocycles. The third-order valence-electron chi connectivity index (χ3n) is 5.35. The molecule has 0 bridgehead atoms. The van der Waals surface area contributed by atoms with Crippen LogP contribution in [0.4, 0.5) is 21.0 Å². The quantitative estimate of drug-likeness (QED) is 0.319. The number of hydrogen-bond acceptors (Lipinski definition) is 6. The molecular formula is C26H27N3O6S2. The van der Waals surface area contributed by atoms with Gasteiger partial charge in [0.1, 0.15) is 5.60 Å². The van der Waals surface area contributed by atoms with E-state index in [0.29, 0.717) is 24.2 Å². The Morgan fingerprint density at radius 1 is 1.03 bits per heavy atom. The predicted octanol–water partition coefficient (Wildman–Crippen LogP) is 6.68. The number of anilines is 2. The van der Waals surface area contributed by atoms with Gasteiger partial charge in [0.05, 0.1) is 21.1 Å². The van der Waals surface area contributed by atoms with Crippen LogP contribution in [-0.4, -0.2) is 38.3 Å². The number of nitrogens with one attached hydrogen (secondary N) is 2. The first-order valence-corrected chi connectivity index (χ1v) is 14.0. The molecule has 3 aromatic rings. The van der Waals surface area contributed by atoms with E-state index in [2.05, 4.69) is 15.0 Å². The highest BCUT2D eigenvalue weighted by atomic mass is 32.2. The Balaban J connectivity index is 1.60. The number of benzene rings is 2. The molecule has 1 atom stereocenters. The summed E-state index contributed by atoms with van der Waals surface area (Å²) in [5.41, 5.74) is 1.15. The minimum absolute atomic E-state index is 0.265. The van der Waals surface area contributed by atoms with Gasteiger partial charge in [0.2, 0.25) is 0 Å². The van der Waals surface area contributed by atoms with E-state index in [1.807, 2.05) is 23.6 Å². The minimum atomic E-state index is -3.11. The van der Waals surface area contributed by atoms with Crippen LogP contribution in [0.3, 0.4) is 0 Å². The molecule has 0 aliphatic heterocycles. The maximum Gasteiger partial charge on any atom is 0.439 e. The zero-order valence-electron chi connectivity index (χ0n) is 20.5. The van der Waals surface area contributed by atoms with Gasteiger partial charge in [0, 0.05) is 20.6 Å². The van der Waals surface area contributed by atoms with Crippen molar-refractivity contribution in [1.82, 2.24) is 0 Å². The lowest BCUT2D eigenvalue weighted by Crippen LogP contribution is -2.27. The van der Waals surface area contributed by atoms with Crippen LogP contribution >= 0.6 is 11.3 Å². The first-order valence-electron chi connectivity index (χ1n) is 11.5. The number of carboxylic acid groups (broad SMARTS) is 1. The highest BCUT2D eigenvalue weighted by Gasteiger charge is 2.36. The Kier molecular flexibility index (Phi) is 7.37. The molecule has 9 nitrogen and oxygen atoms in total. The monoisotopic (exact) mass is 541 g/mol. The third-order valence-corrected chi connectivity index (χ3v) is 9.02. The smallest absolute Gasteiger partial charge is 0.439 e. The molecule has 4 rings (SSSR count). The van der Waals surface area contributed by atoms with E-state index in [-0.39, 0.29) is 15.7 Å². The summed E-state index contributed by atoms with van der Waals surface area (Å²) in [6, 6.07) is 15.1. The van der Waals surface area contributed by atoms with Crippen LogP contribution in [0.2, 0.25) is 0 Å². The van der Waals surface area contributed by atoms with E-state index in [0.717, 1.165) is 10.4 Å². The molecule has 194 valence electrons. The molecule has 1 fully saturated rings. The van der Waals surface area contributed by atoms with Gasteiger partial charge < -0.3 is 15.2 Å². The van der Waals surface area contributed by atoms with E-state index in [4.69, 9.17) is 9.84 Å². The van der Waals surface area contributed by atoms with Crippen molar-refractivity contribution in [3.8, 4) is 10.4 Å². The lowest BCUT2D eigenvalue weighted by atomic mass is 10.1. The van der Waals surface area contributed by atoms with Crippen molar-refractivity contribution in [2.45, 2.75) is 49.4 Å². The summed E-state index contributed by atoms with van der Waals surface area (Å²) < 4.78 is 22.1. The molecule has 0 saturated heterocycles. The average molecular weight is 542 g/mol. The molecule has 1 aromatic heterocycles. The standard InChI is InChI=1S/C26H27N3O6S2/c1-26(2,3)35-25(33)28-20-13-8-17(22-5-4-14-36-22)15-21(20)27-23(30)16-6-9-18(10-7-16)37(34,19-11-12-19)29-24(31)32/h4-10,13-15,19H,11-12H2,1-3H3,(H,27,30)(H,28,33)(H,31,32). The van der Waals surface area contributed by atoms with Gasteiger partial charge >= 0.3 is 12.2 Å². The summed E-state index contributed by atoms with van der Waals surface area (Å²) in [6.07, 6.45) is -0.847. The molecular weight excluding hydrogens is 514 g/mol. The average Bonchev–Trinajstić information content (AvgIpc) is 3.54. The third kappa shape index (κ3) is 6.55. The van der Waals surface area contributed by atoms with Crippen molar-refractivity contribution in [2.75, 3.05) is 10.6 Å². The van der Waals surface area contributed by atoms with E-state index in [1.165, 1.54) is 24.3 Å². The van der Waals surface area contributed by atoms with Gasteiger partial charge in [-0.1, -0.05) is 12.1 Å². The topological polar surface area (TPSA) is 134 Å². The Morgan fingerprint density at radius 2 is 1.73 bits per heavy atom. The van der Waals surface area contributed by atoms with E-state index in [1.54, 1.807) is 44.2 Å². The van der Waals surface area contributed by atoms with Crippen LogP contribution < -0.4 is 10.6 Å². The van der Waals surface area contributed by atoms with Crippen molar-refractivity contribution in [3.63, 3.8) is 0 Å². The summed E-state index contributed by atoms with van der Waals surface area (Å²) in [6.45, 7) is 5.26. The van der Waals surface area contributed by atoms with Crippen molar-refractivity contribution >= 4 is 50.5 Å². The lowest BCUT2D eigenvalue weighted by Gasteiger charge is -2.21. The normalized spacial score (nSPS) is 14.8. The van der Waals surface area contributed by atoms with Crippen molar-refractivity contribution in [1.29, 1.82) is 0 Å². The van der Waals surface area contributed by atoms with Crippen LogP contribution in [0.1, 0.15) is 44.0 Å². The Labute approximate surface area is 219 Å². The van der Waals surface area contributed by atoms with Crippen LogP contribution in [0.5, 0.6) is 0 Å². The molecule has 2 aromatic carbocycles. The van der Waals surface area contributed by atoms with Crippen molar-refractivity contribution in [2.24, 2.45) is 4.36 Å². The van der Waals surface area contributed by atoms with Crippen LogP contribution in [0.25, 0.3) is 10.4 Å². The molecule has 3 amide bonds. The summed E-state index contributed by atoms with van der Waals surface area (Å²) in [7, 11) is -3.11. The second-order valence-electron chi connectivity index (χ2n) is 9.48. The second kappa shape index (κ2) is 10.3. The minimum Gasteiger partial charge on any atom is -0.463 e. The molecule has 1 saturated carbocycles. The highest BCUT2D eigenvalue weighted by molar-refractivity contribution is 7.94. The number of hydrogen-bond donors (Lipinski definition) is 3. The number of rotatable bonds is 6. The summed E-state index contributed by atoms with van der Waals surface area (Å²) in [5, 5.41) is 16.2. The van der Waals surface area contributed by atoms with Gasteiger partial charge in [-0.15, -0.1) is 15.7 Å². The van der Waals surface area contributed by atoms with Gasteiger partial charge in [-0.3, -0.25) is 10.1 Å². The number of nitrogens with zero attached hydrogens (tertiary/aromatic N) is 1.